The van der Waals surface area contributed by atoms with Crippen LogP contribution in [0.1, 0.15) is 29.2 Å². The molecule has 2 aromatic rings. The molecule has 0 fully saturated rings. The zero-order valence-electron chi connectivity index (χ0n) is 16.5. The zero-order valence-corrected chi connectivity index (χ0v) is 18.8. The van der Waals surface area contributed by atoms with Crippen LogP contribution in [0.3, 0.4) is 0 Å². The molecule has 0 aromatic heterocycles. The van der Waals surface area contributed by atoms with Gasteiger partial charge in [0.15, 0.2) is 5.96 Å². The summed E-state index contributed by atoms with van der Waals surface area (Å²) in [5.41, 5.74) is 4.95. The van der Waals surface area contributed by atoms with Crippen LogP contribution in [0, 0.1) is 6.92 Å². The van der Waals surface area contributed by atoms with Crippen LogP contribution in [0.4, 0.5) is 5.69 Å². The van der Waals surface area contributed by atoms with Crippen LogP contribution < -0.4 is 20.3 Å². The lowest BCUT2D eigenvalue weighted by molar-refractivity contribution is 0.261. The number of aryl methyl sites for hydroxylation is 1. The van der Waals surface area contributed by atoms with Crippen LogP contribution in [0.2, 0.25) is 0 Å². The first-order valence-corrected chi connectivity index (χ1v) is 9.04. The maximum absolute atomic E-state index is 5.74. The van der Waals surface area contributed by atoms with Gasteiger partial charge in [-0.05, 0) is 36.2 Å². The van der Waals surface area contributed by atoms with Crippen LogP contribution >= 0.6 is 24.0 Å². The number of benzene rings is 2. The Labute approximate surface area is 179 Å². The van der Waals surface area contributed by atoms with Gasteiger partial charge in [-0.15, -0.1) is 24.0 Å². The summed E-state index contributed by atoms with van der Waals surface area (Å²) < 4.78 is 5.74. The Hall–Kier alpha value is -1.96. The van der Waals surface area contributed by atoms with Crippen molar-refractivity contribution in [3.63, 3.8) is 0 Å². The number of ether oxygens (including phenoxy) is 1. The SMILES string of the molecule is CN=C(NCc1ccc(N(C)C)cc1C)NC1CCOc2ccccc21.I. The minimum atomic E-state index is 0. The number of hydrogen-bond donors (Lipinski definition) is 2. The van der Waals surface area contributed by atoms with Gasteiger partial charge in [-0.3, -0.25) is 4.99 Å². The number of hydrogen-bond acceptors (Lipinski definition) is 3. The number of rotatable bonds is 4. The van der Waals surface area contributed by atoms with Gasteiger partial charge in [0.25, 0.3) is 0 Å². The number of fused-ring (bicyclic) bond motifs is 1. The third-order valence-corrected chi connectivity index (χ3v) is 4.78. The predicted octanol–water partition coefficient (Wildman–Crippen LogP) is 3.87. The normalized spacial score (nSPS) is 15.9. The molecule has 5 nitrogen and oxygen atoms in total. The van der Waals surface area contributed by atoms with Crippen LogP contribution in [0.5, 0.6) is 5.75 Å². The summed E-state index contributed by atoms with van der Waals surface area (Å²) in [5, 5.41) is 6.97. The third-order valence-electron chi connectivity index (χ3n) is 4.78. The highest BCUT2D eigenvalue weighted by Gasteiger charge is 2.21. The summed E-state index contributed by atoms with van der Waals surface area (Å²) in [6, 6.07) is 14.9. The number of guanidine groups is 1. The van der Waals surface area contributed by atoms with Crippen molar-refractivity contribution >= 4 is 35.6 Å². The molecule has 1 atom stereocenters. The average Bonchev–Trinajstić information content (AvgIpc) is 2.65. The van der Waals surface area contributed by atoms with Crippen LogP contribution in [-0.4, -0.2) is 33.7 Å². The maximum Gasteiger partial charge on any atom is 0.191 e. The molecule has 27 heavy (non-hydrogen) atoms. The van der Waals surface area contributed by atoms with E-state index in [0.29, 0.717) is 0 Å². The molecule has 6 heteroatoms. The molecule has 1 unspecified atom stereocenters. The lowest BCUT2D eigenvalue weighted by atomic mass is 10.0. The number of anilines is 1. The van der Waals surface area contributed by atoms with Gasteiger partial charge in [-0.1, -0.05) is 24.3 Å². The Bertz CT molecular complexity index is 792. The highest BCUT2D eigenvalue weighted by atomic mass is 127. The molecule has 0 aliphatic carbocycles. The highest BCUT2D eigenvalue weighted by Crippen LogP contribution is 2.31. The average molecular weight is 480 g/mol. The number of para-hydroxylation sites is 1. The van der Waals surface area contributed by atoms with Crippen molar-refractivity contribution in [2.75, 3.05) is 32.6 Å². The van der Waals surface area contributed by atoms with Crippen molar-refractivity contribution in [3.05, 3.63) is 59.2 Å². The summed E-state index contributed by atoms with van der Waals surface area (Å²) in [4.78, 5) is 6.51. The van der Waals surface area contributed by atoms with Crippen molar-refractivity contribution in [1.29, 1.82) is 0 Å². The monoisotopic (exact) mass is 480 g/mol. The van der Waals surface area contributed by atoms with E-state index < -0.39 is 0 Å². The summed E-state index contributed by atoms with van der Waals surface area (Å²) in [7, 11) is 5.93. The standard InChI is InChI=1S/C21H28N4O.HI/c1-15-13-17(25(3)4)10-9-16(15)14-23-21(22-2)24-19-11-12-26-20-8-6-5-7-18(19)20;/h5-10,13,19H,11-12,14H2,1-4H3,(H2,22,23,24);1H. The van der Waals surface area contributed by atoms with E-state index in [2.05, 4.69) is 65.8 Å². The lowest BCUT2D eigenvalue weighted by Crippen LogP contribution is -2.40. The van der Waals surface area contributed by atoms with Crippen molar-refractivity contribution < 1.29 is 4.74 Å². The summed E-state index contributed by atoms with van der Waals surface area (Å²) in [5.74, 6) is 1.77. The molecule has 0 saturated carbocycles. The Morgan fingerprint density at radius 2 is 2.00 bits per heavy atom. The van der Waals surface area contributed by atoms with Gasteiger partial charge in [-0.2, -0.15) is 0 Å². The molecule has 2 aromatic carbocycles. The fraction of sp³-hybridized carbons (Fsp3) is 0.381. The van der Waals surface area contributed by atoms with E-state index in [4.69, 9.17) is 4.74 Å². The molecule has 3 rings (SSSR count). The third kappa shape index (κ3) is 5.28. The molecule has 1 heterocycles. The molecule has 1 aliphatic rings. The molecule has 0 radical (unpaired) electrons. The summed E-state index contributed by atoms with van der Waals surface area (Å²) >= 11 is 0. The van der Waals surface area contributed by atoms with Crippen molar-refractivity contribution in [1.82, 2.24) is 10.6 Å². The van der Waals surface area contributed by atoms with Gasteiger partial charge >= 0.3 is 0 Å². The largest absolute Gasteiger partial charge is 0.493 e. The number of nitrogens with one attached hydrogen (secondary N) is 2. The Kier molecular flexibility index (Phi) is 7.77. The minimum absolute atomic E-state index is 0. The topological polar surface area (TPSA) is 48.9 Å². The predicted molar refractivity (Wildman–Crippen MR) is 124 cm³/mol. The van der Waals surface area contributed by atoms with Gasteiger partial charge in [0.05, 0.1) is 12.6 Å². The maximum atomic E-state index is 5.74. The molecular formula is C21H29IN4O. The van der Waals surface area contributed by atoms with Gasteiger partial charge in [-0.25, -0.2) is 0 Å². The van der Waals surface area contributed by atoms with Gasteiger partial charge in [0, 0.05) is 45.4 Å². The lowest BCUT2D eigenvalue weighted by Gasteiger charge is -2.28. The fourth-order valence-corrected chi connectivity index (χ4v) is 3.19. The van der Waals surface area contributed by atoms with E-state index in [9.17, 15) is 0 Å². The van der Waals surface area contributed by atoms with Gasteiger partial charge < -0.3 is 20.3 Å². The van der Waals surface area contributed by atoms with Crippen LogP contribution in [0.15, 0.2) is 47.5 Å². The van der Waals surface area contributed by atoms with Gasteiger partial charge in [0.1, 0.15) is 5.75 Å². The zero-order chi connectivity index (χ0) is 18.5. The van der Waals surface area contributed by atoms with E-state index in [1.807, 2.05) is 25.2 Å². The number of halogens is 1. The number of aliphatic imine (C=N–C) groups is 1. The molecule has 0 amide bonds. The van der Waals surface area contributed by atoms with E-state index in [1.165, 1.54) is 22.4 Å². The molecular weight excluding hydrogens is 451 g/mol. The molecule has 0 bridgehead atoms. The number of nitrogens with zero attached hydrogens (tertiary/aromatic N) is 2. The first-order valence-electron chi connectivity index (χ1n) is 9.04. The second-order valence-corrected chi connectivity index (χ2v) is 6.80. The smallest absolute Gasteiger partial charge is 0.191 e. The van der Waals surface area contributed by atoms with Crippen LogP contribution in [0.25, 0.3) is 0 Å². The van der Waals surface area contributed by atoms with Crippen molar-refractivity contribution in [3.8, 4) is 5.75 Å². The van der Waals surface area contributed by atoms with E-state index in [0.717, 1.165) is 31.3 Å². The highest BCUT2D eigenvalue weighted by molar-refractivity contribution is 14.0. The van der Waals surface area contributed by atoms with Crippen molar-refractivity contribution in [2.24, 2.45) is 4.99 Å². The van der Waals surface area contributed by atoms with E-state index in [-0.39, 0.29) is 30.0 Å². The minimum Gasteiger partial charge on any atom is -0.493 e. The van der Waals surface area contributed by atoms with Crippen LogP contribution in [-0.2, 0) is 6.54 Å². The molecule has 2 N–H and O–H groups in total. The quantitative estimate of drug-likeness (QED) is 0.397. The first-order chi connectivity index (χ1) is 12.6. The first kappa shape index (κ1) is 21.3. The van der Waals surface area contributed by atoms with E-state index in [1.54, 1.807) is 0 Å². The Morgan fingerprint density at radius 1 is 1.22 bits per heavy atom. The molecule has 0 saturated heterocycles. The summed E-state index contributed by atoms with van der Waals surface area (Å²) in [6.07, 6.45) is 0.925. The molecule has 1 aliphatic heterocycles. The molecule has 146 valence electrons. The fourth-order valence-electron chi connectivity index (χ4n) is 3.19. The van der Waals surface area contributed by atoms with E-state index >= 15 is 0 Å². The van der Waals surface area contributed by atoms with Crippen molar-refractivity contribution in [2.45, 2.75) is 25.9 Å². The second kappa shape index (κ2) is 9.82. The summed E-state index contributed by atoms with van der Waals surface area (Å²) in [6.45, 7) is 3.61. The Morgan fingerprint density at radius 3 is 2.70 bits per heavy atom. The second-order valence-electron chi connectivity index (χ2n) is 6.80. The molecule has 0 spiro atoms. The Balaban J connectivity index is 0.00000261. The van der Waals surface area contributed by atoms with Gasteiger partial charge in [0.2, 0.25) is 0 Å².